The van der Waals surface area contributed by atoms with Crippen LogP contribution in [0.5, 0.6) is 5.75 Å². The van der Waals surface area contributed by atoms with E-state index in [1.807, 2.05) is 19.1 Å². The Balaban J connectivity index is 1.54. The number of nitrogens with one attached hydrogen (secondary N) is 1. The van der Waals surface area contributed by atoms with Crippen LogP contribution in [-0.2, 0) is 26.9 Å². The Morgan fingerprint density at radius 2 is 1.88 bits per heavy atom. The van der Waals surface area contributed by atoms with Gasteiger partial charge in [-0.05, 0) is 74.7 Å². The molecule has 1 aromatic heterocycles. The average molecular weight is 696 g/mol. The highest BCUT2D eigenvalue weighted by atomic mass is 19.4. The topological polar surface area (TPSA) is 137 Å². The lowest BCUT2D eigenvalue weighted by molar-refractivity contribution is -0.149. The van der Waals surface area contributed by atoms with Gasteiger partial charge in [-0.3, -0.25) is 9.69 Å². The van der Waals surface area contributed by atoms with Crippen molar-refractivity contribution < 1.29 is 42.1 Å². The maximum atomic E-state index is 13.8. The van der Waals surface area contributed by atoms with Crippen molar-refractivity contribution in [2.24, 2.45) is 5.41 Å². The molecule has 3 heterocycles. The maximum Gasteiger partial charge on any atom is 0.416 e. The minimum atomic E-state index is -4.63. The van der Waals surface area contributed by atoms with E-state index in [2.05, 4.69) is 10.2 Å². The maximum absolute atomic E-state index is 13.8. The number of amides is 1. The summed E-state index contributed by atoms with van der Waals surface area (Å²) in [5.74, 6) is -0.122. The molecule has 2 atom stereocenters. The second-order valence-electron chi connectivity index (χ2n) is 13.0. The summed E-state index contributed by atoms with van der Waals surface area (Å²) in [4.78, 5) is 33.6. The molecule has 11 nitrogen and oxygen atoms in total. The van der Waals surface area contributed by atoms with E-state index in [-0.39, 0.29) is 24.6 Å². The van der Waals surface area contributed by atoms with Crippen molar-refractivity contribution in [1.82, 2.24) is 4.98 Å². The van der Waals surface area contributed by atoms with Gasteiger partial charge in [0.05, 0.1) is 66.5 Å². The molecular weight excluding hydrogens is 655 g/mol. The van der Waals surface area contributed by atoms with E-state index in [1.54, 1.807) is 24.4 Å². The van der Waals surface area contributed by atoms with Crippen LogP contribution in [0.3, 0.4) is 0 Å². The molecule has 0 unspecified atom stereocenters. The van der Waals surface area contributed by atoms with E-state index in [1.165, 1.54) is 31.9 Å². The molecule has 0 radical (unpaired) electrons. The number of hydrogen-bond donors (Lipinski definition) is 2. The normalized spacial score (nSPS) is 17.8. The summed E-state index contributed by atoms with van der Waals surface area (Å²) in [5, 5.41) is 22.6. The van der Waals surface area contributed by atoms with Crippen LogP contribution in [0.2, 0.25) is 0 Å². The number of nitrogens with zero attached hydrogens (tertiary/aromatic N) is 4. The summed E-state index contributed by atoms with van der Waals surface area (Å²) in [7, 11) is 1.52. The molecule has 1 fully saturated rings. The van der Waals surface area contributed by atoms with Gasteiger partial charge < -0.3 is 29.5 Å². The quantitative estimate of drug-likeness (QED) is 0.233. The fourth-order valence-corrected chi connectivity index (χ4v) is 6.13. The van der Waals surface area contributed by atoms with Gasteiger partial charge >= 0.3 is 18.2 Å². The summed E-state index contributed by atoms with van der Waals surface area (Å²) in [6.07, 6.45) is -2.60. The third kappa shape index (κ3) is 8.05. The fraction of sp³-hybridized carbons (Fsp3) is 0.444. The molecule has 0 saturated carbocycles. The van der Waals surface area contributed by atoms with Crippen molar-refractivity contribution in [2.45, 2.75) is 58.3 Å². The number of halogens is 3. The van der Waals surface area contributed by atoms with Gasteiger partial charge in [-0.1, -0.05) is 6.92 Å². The van der Waals surface area contributed by atoms with Crippen LogP contribution in [-0.4, -0.2) is 68.2 Å². The number of rotatable bonds is 10. The first-order valence-electron chi connectivity index (χ1n) is 16.3. The van der Waals surface area contributed by atoms with Crippen LogP contribution in [0.15, 0.2) is 48.7 Å². The second-order valence-corrected chi connectivity index (χ2v) is 13.0. The number of alkyl halides is 3. The number of aliphatic carboxylic acids is 1. The van der Waals surface area contributed by atoms with E-state index in [0.717, 1.165) is 17.8 Å². The highest BCUT2D eigenvalue weighted by molar-refractivity contribution is 5.91. The van der Waals surface area contributed by atoms with Crippen molar-refractivity contribution in [1.29, 1.82) is 5.26 Å². The van der Waals surface area contributed by atoms with Gasteiger partial charge in [0, 0.05) is 36.7 Å². The number of aromatic nitrogens is 1. The van der Waals surface area contributed by atoms with E-state index in [4.69, 9.17) is 19.2 Å². The Kier molecular flexibility index (Phi) is 10.8. The fourth-order valence-electron chi connectivity index (χ4n) is 6.13. The van der Waals surface area contributed by atoms with Gasteiger partial charge in [0.15, 0.2) is 0 Å². The van der Waals surface area contributed by atoms with Crippen LogP contribution in [0.1, 0.15) is 67.5 Å². The van der Waals surface area contributed by atoms with E-state index in [9.17, 15) is 33.1 Å². The predicted octanol–water partition coefficient (Wildman–Crippen LogP) is 6.80. The first-order valence-corrected chi connectivity index (χ1v) is 16.3. The largest absolute Gasteiger partial charge is 0.497 e. The SMILES string of the molecule is CC[C@@H]1C[C@H](Nc2ncc(N3CCOCC3)cc2Cc2cc(C#N)cc(C(F)(F)F)c2)c2cc(OC)ccc2N1C(=O)OCC(C)(C)C(=O)O. The monoisotopic (exact) mass is 695 g/mol. The second kappa shape index (κ2) is 14.8. The highest BCUT2D eigenvalue weighted by Crippen LogP contribution is 2.43. The number of nitriles is 1. The molecule has 5 rings (SSSR count). The number of anilines is 3. The number of carbonyl (C=O) groups is 2. The molecular formula is C36H40F3N5O6. The lowest BCUT2D eigenvalue weighted by Crippen LogP contribution is -2.47. The summed E-state index contributed by atoms with van der Waals surface area (Å²) in [6, 6.07) is 11.6. The zero-order valence-electron chi connectivity index (χ0n) is 28.3. The molecule has 50 heavy (non-hydrogen) atoms. The van der Waals surface area contributed by atoms with Crippen molar-refractivity contribution in [3.8, 4) is 11.8 Å². The first kappa shape index (κ1) is 36.3. The first-order chi connectivity index (χ1) is 23.7. The zero-order valence-corrected chi connectivity index (χ0v) is 28.3. The minimum absolute atomic E-state index is 0.0544. The third-order valence-electron chi connectivity index (χ3n) is 9.03. The molecule has 0 bridgehead atoms. The number of ether oxygens (including phenoxy) is 3. The Morgan fingerprint density at radius 1 is 1.14 bits per heavy atom. The number of morpholine rings is 1. The summed E-state index contributed by atoms with van der Waals surface area (Å²) in [6.45, 7) is 6.86. The Hall–Kier alpha value is -5.03. The molecule has 0 spiro atoms. The van der Waals surface area contributed by atoms with Crippen LogP contribution >= 0.6 is 0 Å². The van der Waals surface area contributed by atoms with Crippen LogP contribution < -0.4 is 19.9 Å². The molecule has 0 aliphatic carbocycles. The molecule has 2 N–H and O–H groups in total. The lowest BCUT2D eigenvalue weighted by atomic mass is 9.89. The summed E-state index contributed by atoms with van der Waals surface area (Å²) >= 11 is 0. The number of carboxylic acid groups (broad SMARTS) is 1. The zero-order chi connectivity index (χ0) is 36.2. The van der Waals surface area contributed by atoms with Crippen molar-refractivity contribution in [3.63, 3.8) is 0 Å². The molecule has 3 aromatic rings. The van der Waals surface area contributed by atoms with Gasteiger partial charge in [0.25, 0.3) is 0 Å². The molecule has 2 aliphatic heterocycles. The van der Waals surface area contributed by atoms with Crippen LogP contribution in [0.25, 0.3) is 0 Å². The highest BCUT2D eigenvalue weighted by Gasteiger charge is 2.39. The Morgan fingerprint density at radius 3 is 2.52 bits per heavy atom. The number of carboxylic acids is 1. The minimum Gasteiger partial charge on any atom is -0.497 e. The van der Waals surface area contributed by atoms with E-state index in [0.29, 0.717) is 73.1 Å². The Labute approximate surface area is 288 Å². The van der Waals surface area contributed by atoms with Gasteiger partial charge in [-0.15, -0.1) is 0 Å². The number of hydrogen-bond acceptors (Lipinski definition) is 9. The van der Waals surface area contributed by atoms with Crippen molar-refractivity contribution in [2.75, 3.05) is 55.1 Å². The van der Waals surface area contributed by atoms with Crippen molar-refractivity contribution >= 4 is 29.3 Å². The van der Waals surface area contributed by atoms with Crippen LogP contribution in [0.4, 0.5) is 35.2 Å². The van der Waals surface area contributed by atoms with Gasteiger partial charge in [0.1, 0.15) is 18.2 Å². The molecule has 2 aliphatic rings. The van der Waals surface area contributed by atoms with Gasteiger partial charge in [-0.25, -0.2) is 9.78 Å². The molecule has 1 amide bonds. The Bertz CT molecular complexity index is 1770. The molecule has 266 valence electrons. The number of pyridine rings is 1. The molecule has 1 saturated heterocycles. The van der Waals surface area contributed by atoms with Crippen molar-refractivity contribution in [3.05, 3.63) is 76.5 Å². The summed E-state index contributed by atoms with van der Waals surface area (Å²) < 4.78 is 57.9. The van der Waals surface area contributed by atoms with E-state index >= 15 is 0 Å². The lowest BCUT2D eigenvalue weighted by Gasteiger charge is -2.41. The number of fused-ring (bicyclic) bond motifs is 1. The van der Waals surface area contributed by atoms with Gasteiger partial charge in [0.2, 0.25) is 0 Å². The van der Waals surface area contributed by atoms with Gasteiger partial charge in [-0.2, -0.15) is 18.4 Å². The predicted molar refractivity (Wildman–Crippen MR) is 180 cm³/mol. The average Bonchev–Trinajstić information content (AvgIpc) is 3.10. The van der Waals surface area contributed by atoms with E-state index < -0.39 is 35.3 Å². The molecule has 2 aromatic carbocycles. The molecule has 14 heteroatoms. The standard InChI is InChI=1S/C36H40F3N5O6/c1-5-26-17-30(29-18-28(48-4)6-7-31(29)44(26)34(47)50-21-35(2,3)33(45)46)42-32-24(16-27(20-41-32)43-8-10-49-11-9-43)13-22-12-23(19-40)15-25(14-22)36(37,38)39/h6-7,12,14-16,18,20,26,30H,5,8-11,13,17,21H2,1-4H3,(H,41,42)(H,45,46)/t26-,30+/m1/s1. The van der Waals surface area contributed by atoms with Crippen LogP contribution in [0, 0.1) is 16.7 Å². The number of methoxy groups -OCH3 is 1. The smallest absolute Gasteiger partial charge is 0.416 e. The number of benzene rings is 2. The third-order valence-corrected chi connectivity index (χ3v) is 9.03. The number of carbonyl (C=O) groups excluding carboxylic acids is 1. The summed E-state index contributed by atoms with van der Waals surface area (Å²) in [5.41, 5.74) is 0.653.